The molecule has 0 bridgehead atoms. The van der Waals surface area contributed by atoms with Crippen LogP contribution < -0.4 is 14.8 Å². The molecule has 0 saturated heterocycles. The molecule has 0 saturated carbocycles. The zero-order valence-electron chi connectivity index (χ0n) is 19.8. The van der Waals surface area contributed by atoms with Crippen LogP contribution in [0.25, 0.3) is 0 Å². The van der Waals surface area contributed by atoms with Crippen LogP contribution in [0.5, 0.6) is 11.5 Å². The fourth-order valence-corrected chi connectivity index (χ4v) is 4.69. The summed E-state index contributed by atoms with van der Waals surface area (Å²) in [7, 11) is 0. The van der Waals surface area contributed by atoms with Gasteiger partial charge in [-0.3, -0.25) is 0 Å². The number of fused-ring (bicyclic) bond motifs is 1. The van der Waals surface area contributed by atoms with Crippen LogP contribution >= 0.6 is 39.1 Å². The minimum Gasteiger partial charge on any atom is -0.490 e. The van der Waals surface area contributed by atoms with Gasteiger partial charge in [-0.1, -0.05) is 41.3 Å². The molecule has 3 aromatic rings. The Bertz CT molecular complexity index is 1310. The van der Waals surface area contributed by atoms with Crippen molar-refractivity contribution in [3.63, 3.8) is 0 Å². The van der Waals surface area contributed by atoms with E-state index in [2.05, 4.69) is 36.8 Å². The molecule has 9 nitrogen and oxygen atoms in total. The number of carbonyl (C=O) groups excluding carboxylic acids is 1. The van der Waals surface area contributed by atoms with Crippen molar-refractivity contribution >= 4 is 51.0 Å². The quantitative estimate of drug-likeness (QED) is 0.302. The van der Waals surface area contributed by atoms with Gasteiger partial charge in [-0.15, -0.1) is 0 Å². The maximum Gasteiger partial charge on any atom is 0.338 e. The van der Waals surface area contributed by atoms with Crippen LogP contribution in [-0.4, -0.2) is 39.4 Å². The summed E-state index contributed by atoms with van der Waals surface area (Å²) in [5.74, 6) is 0.975. The molecule has 12 heteroatoms. The van der Waals surface area contributed by atoms with Crippen molar-refractivity contribution in [3.8, 4) is 11.5 Å². The topological polar surface area (TPSA) is 100 Å². The molecule has 1 aliphatic rings. The molecule has 1 unspecified atom stereocenters. The highest BCUT2D eigenvalue weighted by Crippen LogP contribution is 2.43. The predicted molar refractivity (Wildman–Crippen MR) is 140 cm³/mol. The first-order valence-corrected chi connectivity index (χ1v) is 12.8. The van der Waals surface area contributed by atoms with Gasteiger partial charge in [0.2, 0.25) is 5.95 Å². The molecule has 2 aromatic carbocycles. The number of nitrogens with zero attached hydrogens (tertiary/aromatic N) is 4. The number of tetrazole rings is 1. The number of rotatable bonds is 9. The van der Waals surface area contributed by atoms with E-state index < -0.39 is 12.0 Å². The highest BCUT2D eigenvalue weighted by Gasteiger charge is 2.36. The summed E-state index contributed by atoms with van der Waals surface area (Å²) in [5, 5.41) is 15.9. The summed E-state index contributed by atoms with van der Waals surface area (Å²) < 4.78 is 19.7. The molecule has 4 rings (SSSR count). The number of benzene rings is 2. The minimum absolute atomic E-state index is 0.243. The Morgan fingerprint density at radius 3 is 2.69 bits per heavy atom. The Balaban J connectivity index is 1.73. The first kappa shape index (κ1) is 26.2. The summed E-state index contributed by atoms with van der Waals surface area (Å²) in [6.45, 7) is 6.56. The van der Waals surface area contributed by atoms with Crippen LogP contribution in [0.4, 0.5) is 5.95 Å². The van der Waals surface area contributed by atoms with Crippen molar-refractivity contribution in [2.24, 2.45) is 0 Å². The van der Waals surface area contributed by atoms with Gasteiger partial charge >= 0.3 is 5.97 Å². The van der Waals surface area contributed by atoms with Crippen LogP contribution in [0.15, 0.2) is 46.1 Å². The van der Waals surface area contributed by atoms with Crippen LogP contribution in [0, 0.1) is 0 Å². The molecule has 36 heavy (non-hydrogen) atoms. The lowest BCUT2D eigenvalue weighted by Gasteiger charge is -2.28. The molecular formula is C24H24BrCl2N5O4. The average Bonchev–Trinajstić information content (AvgIpc) is 3.31. The van der Waals surface area contributed by atoms with Gasteiger partial charge in [0.05, 0.1) is 33.3 Å². The maximum atomic E-state index is 13.1. The molecule has 0 aliphatic carbocycles. The minimum atomic E-state index is -0.639. The Hall–Kier alpha value is -2.82. The largest absolute Gasteiger partial charge is 0.490 e. The Labute approximate surface area is 226 Å². The number of carbonyl (C=O) groups is 1. The van der Waals surface area contributed by atoms with Gasteiger partial charge in [-0.25, -0.2) is 4.79 Å². The van der Waals surface area contributed by atoms with Crippen molar-refractivity contribution in [3.05, 3.63) is 67.2 Å². The van der Waals surface area contributed by atoms with Crippen LogP contribution in [0.3, 0.4) is 0 Å². The van der Waals surface area contributed by atoms with E-state index in [9.17, 15) is 4.79 Å². The van der Waals surface area contributed by atoms with Gasteiger partial charge in [0, 0.05) is 5.70 Å². The molecular weight excluding hydrogens is 573 g/mol. The van der Waals surface area contributed by atoms with E-state index in [-0.39, 0.29) is 6.61 Å². The molecule has 0 amide bonds. The standard InChI is InChI=1S/C24H24BrCl2N5O4/c1-4-8-35-23(33)20-13(3)28-24-29-30-31-32(24)21(20)15-10-16(25)22(19(11-15)34-5-2)36-12-14-6-7-17(26)18(27)9-14/h6-7,9-11,21H,4-5,8,12H2,1-3H3,(H,28,29,31). The van der Waals surface area contributed by atoms with E-state index in [1.165, 1.54) is 0 Å². The summed E-state index contributed by atoms with van der Waals surface area (Å²) in [4.78, 5) is 13.1. The molecule has 0 fully saturated rings. The second kappa shape index (κ2) is 11.5. The number of ether oxygens (including phenoxy) is 3. The van der Waals surface area contributed by atoms with Crippen molar-refractivity contribution in [1.29, 1.82) is 0 Å². The van der Waals surface area contributed by atoms with E-state index in [4.69, 9.17) is 37.4 Å². The van der Waals surface area contributed by atoms with E-state index in [0.29, 0.717) is 68.4 Å². The van der Waals surface area contributed by atoms with E-state index in [1.54, 1.807) is 23.7 Å². The second-order valence-corrected chi connectivity index (χ2v) is 9.62. The monoisotopic (exact) mass is 595 g/mol. The summed E-state index contributed by atoms with van der Waals surface area (Å²) >= 11 is 15.8. The van der Waals surface area contributed by atoms with Gasteiger partial charge in [0.25, 0.3) is 0 Å². The molecule has 2 heterocycles. The Kier molecular flexibility index (Phi) is 8.38. The number of aromatic nitrogens is 4. The zero-order valence-corrected chi connectivity index (χ0v) is 22.9. The summed E-state index contributed by atoms with van der Waals surface area (Å²) in [6.07, 6.45) is 0.706. The van der Waals surface area contributed by atoms with Crippen LogP contribution in [-0.2, 0) is 16.1 Å². The highest BCUT2D eigenvalue weighted by atomic mass is 79.9. The second-order valence-electron chi connectivity index (χ2n) is 7.95. The number of hydrogen-bond donors (Lipinski definition) is 1. The lowest BCUT2D eigenvalue weighted by Crippen LogP contribution is -2.30. The van der Waals surface area contributed by atoms with Crippen molar-refractivity contribution in [2.75, 3.05) is 18.5 Å². The third-order valence-corrected chi connectivity index (χ3v) is 6.71. The SMILES string of the molecule is CCCOC(=O)C1=C(C)Nc2nnnn2C1c1cc(Br)c(OCc2ccc(Cl)c(Cl)c2)c(OCC)c1. The van der Waals surface area contributed by atoms with Gasteiger partial charge in [0.1, 0.15) is 12.6 Å². The third-order valence-electron chi connectivity index (χ3n) is 5.39. The Morgan fingerprint density at radius 2 is 1.97 bits per heavy atom. The molecule has 1 N–H and O–H groups in total. The molecule has 1 aromatic heterocycles. The number of esters is 1. The number of nitrogens with one attached hydrogen (secondary N) is 1. The average molecular weight is 597 g/mol. The molecule has 1 aliphatic heterocycles. The van der Waals surface area contributed by atoms with Gasteiger partial charge < -0.3 is 19.5 Å². The first-order valence-electron chi connectivity index (χ1n) is 11.3. The normalized spacial score (nSPS) is 14.8. The predicted octanol–water partition coefficient (Wildman–Crippen LogP) is 5.96. The van der Waals surface area contributed by atoms with Crippen LogP contribution in [0.1, 0.15) is 44.4 Å². The van der Waals surface area contributed by atoms with E-state index in [1.807, 2.05) is 32.0 Å². The smallest absolute Gasteiger partial charge is 0.338 e. The molecule has 1 atom stereocenters. The molecule has 190 valence electrons. The lowest BCUT2D eigenvalue weighted by atomic mass is 9.95. The number of anilines is 1. The lowest BCUT2D eigenvalue weighted by molar-refractivity contribution is -0.139. The fourth-order valence-electron chi connectivity index (χ4n) is 3.79. The van der Waals surface area contributed by atoms with Crippen molar-refractivity contribution in [1.82, 2.24) is 20.2 Å². The van der Waals surface area contributed by atoms with Gasteiger partial charge in [-0.05, 0) is 82.0 Å². The highest BCUT2D eigenvalue weighted by molar-refractivity contribution is 9.10. The van der Waals surface area contributed by atoms with E-state index >= 15 is 0 Å². The summed E-state index contributed by atoms with van der Waals surface area (Å²) in [5.41, 5.74) is 2.57. The molecule has 0 spiro atoms. The van der Waals surface area contributed by atoms with Crippen molar-refractivity contribution in [2.45, 2.75) is 39.8 Å². The van der Waals surface area contributed by atoms with Gasteiger partial charge in [0.15, 0.2) is 11.5 Å². The fraction of sp³-hybridized carbons (Fsp3) is 0.333. The molecule has 0 radical (unpaired) electrons. The number of halogens is 3. The number of allylic oxidation sites excluding steroid dienone is 1. The van der Waals surface area contributed by atoms with Gasteiger partial charge in [-0.2, -0.15) is 4.68 Å². The zero-order chi connectivity index (χ0) is 25.8. The first-order chi connectivity index (χ1) is 17.3. The third kappa shape index (κ3) is 5.45. The maximum absolute atomic E-state index is 13.1. The summed E-state index contributed by atoms with van der Waals surface area (Å²) in [6, 6.07) is 8.35. The van der Waals surface area contributed by atoms with Crippen LogP contribution in [0.2, 0.25) is 10.0 Å². The Morgan fingerprint density at radius 1 is 1.17 bits per heavy atom. The number of hydrogen-bond acceptors (Lipinski definition) is 8. The van der Waals surface area contributed by atoms with Crippen molar-refractivity contribution < 1.29 is 19.0 Å². The van der Waals surface area contributed by atoms with E-state index in [0.717, 1.165) is 5.56 Å².